The Morgan fingerprint density at radius 3 is 2.71 bits per heavy atom. The number of aromatic nitrogens is 2. The average molecular weight is 224 g/mol. The highest BCUT2D eigenvalue weighted by Crippen LogP contribution is 2.23. The maximum Gasteiger partial charge on any atom is 0.0720 e. The third-order valence-electron chi connectivity index (χ3n) is 3.39. The summed E-state index contributed by atoms with van der Waals surface area (Å²) in [6.45, 7) is 2.00. The molecule has 2 heteroatoms. The van der Waals surface area contributed by atoms with Crippen LogP contribution >= 0.6 is 0 Å². The molecule has 2 aromatic rings. The number of rotatable bonds is 1. The molecule has 17 heavy (non-hydrogen) atoms. The van der Waals surface area contributed by atoms with E-state index in [2.05, 4.69) is 23.2 Å². The van der Waals surface area contributed by atoms with Crippen LogP contribution in [0.25, 0.3) is 11.3 Å². The van der Waals surface area contributed by atoms with Crippen LogP contribution in [0, 0.1) is 6.92 Å². The number of aryl methyl sites for hydroxylation is 3. The highest BCUT2D eigenvalue weighted by molar-refractivity contribution is 5.58. The van der Waals surface area contributed by atoms with Crippen LogP contribution in [-0.4, -0.2) is 9.97 Å². The Bertz CT molecular complexity index is 529. The van der Waals surface area contributed by atoms with Gasteiger partial charge in [0.2, 0.25) is 0 Å². The molecule has 1 aliphatic carbocycles. The molecule has 2 heterocycles. The van der Waals surface area contributed by atoms with Gasteiger partial charge in [0.25, 0.3) is 0 Å². The molecule has 0 atom stereocenters. The average Bonchev–Trinajstić information content (AvgIpc) is 2.39. The Labute approximate surface area is 102 Å². The second-order valence-electron chi connectivity index (χ2n) is 4.70. The van der Waals surface area contributed by atoms with Crippen molar-refractivity contribution in [3.05, 3.63) is 47.4 Å². The van der Waals surface area contributed by atoms with Gasteiger partial charge in [-0.15, -0.1) is 0 Å². The van der Waals surface area contributed by atoms with Crippen molar-refractivity contribution in [1.29, 1.82) is 0 Å². The van der Waals surface area contributed by atoms with Crippen LogP contribution in [0.2, 0.25) is 0 Å². The van der Waals surface area contributed by atoms with E-state index in [9.17, 15) is 0 Å². The molecule has 2 nitrogen and oxygen atoms in total. The Kier molecular flexibility index (Phi) is 2.63. The lowest BCUT2D eigenvalue weighted by Crippen LogP contribution is -2.05. The van der Waals surface area contributed by atoms with Crippen molar-refractivity contribution in [2.24, 2.45) is 0 Å². The number of hydrogen-bond acceptors (Lipinski definition) is 2. The van der Waals surface area contributed by atoms with Crippen LogP contribution in [0.15, 0.2) is 30.5 Å². The lowest BCUT2D eigenvalue weighted by atomic mass is 9.95. The Hall–Kier alpha value is -1.70. The summed E-state index contributed by atoms with van der Waals surface area (Å²) in [5.74, 6) is 0. The number of fused-ring (bicyclic) bond motifs is 1. The zero-order valence-corrected chi connectivity index (χ0v) is 10.1. The van der Waals surface area contributed by atoms with Crippen LogP contribution in [0.4, 0.5) is 0 Å². The molecule has 0 N–H and O–H groups in total. The van der Waals surface area contributed by atoms with E-state index in [1.165, 1.54) is 30.5 Å². The summed E-state index contributed by atoms with van der Waals surface area (Å²) in [7, 11) is 0. The second kappa shape index (κ2) is 4.28. The van der Waals surface area contributed by atoms with E-state index in [4.69, 9.17) is 4.98 Å². The second-order valence-corrected chi connectivity index (χ2v) is 4.70. The van der Waals surface area contributed by atoms with Gasteiger partial charge in [-0.3, -0.25) is 9.97 Å². The van der Waals surface area contributed by atoms with Gasteiger partial charge in [0.05, 0.1) is 5.69 Å². The molecule has 0 saturated carbocycles. The van der Waals surface area contributed by atoms with Crippen molar-refractivity contribution in [2.75, 3.05) is 0 Å². The smallest absolute Gasteiger partial charge is 0.0720 e. The molecule has 2 aromatic heterocycles. The Morgan fingerprint density at radius 2 is 1.88 bits per heavy atom. The topological polar surface area (TPSA) is 25.8 Å². The number of hydrogen-bond donors (Lipinski definition) is 0. The summed E-state index contributed by atoms with van der Waals surface area (Å²) >= 11 is 0. The zero-order valence-electron chi connectivity index (χ0n) is 10.1. The quantitative estimate of drug-likeness (QED) is 0.742. The molecular weight excluding hydrogens is 208 g/mol. The van der Waals surface area contributed by atoms with Crippen molar-refractivity contribution in [2.45, 2.75) is 32.6 Å². The first-order valence-corrected chi connectivity index (χ1v) is 6.25. The summed E-state index contributed by atoms with van der Waals surface area (Å²) in [4.78, 5) is 9.10. The summed E-state index contributed by atoms with van der Waals surface area (Å²) in [6.07, 6.45) is 6.81. The monoisotopic (exact) mass is 224 g/mol. The third kappa shape index (κ3) is 2.07. The van der Waals surface area contributed by atoms with E-state index in [0.717, 1.165) is 23.4 Å². The predicted molar refractivity (Wildman–Crippen MR) is 68.8 cm³/mol. The van der Waals surface area contributed by atoms with Crippen molar-refractivity contribution in [3.8, 4) is 11.3 Å². The molecule has 0 saturated heterocycles. The SMILES string of the molecule is Cc1ccc(-c2ccc3c(n2)CCCC3)cn1. The van der Waals surface area contributed by atoms with E-state index in [-0.39, 0.29) is 0 Å². The first kappa shape index (κ1) is 10.5. The van der Waals surface area contributed by atoms with Crippen molar-refractivity contribution >= 4 is 0 Å². The Morgan fingerprint density at radius 1 is 1.00 bits per heavy atom. The predicted octanol–water partition coefficient (Wildman–Crippen LogP) is 3.33. The van der Waals surface area contributed by atoms with Gasteiger partial charge in [0.15, 0.2) is 0 Å². The van der Waals surface area contributed by atoms with Crippen molar-refractivity contribution < 1.29 is 0 Å². The molecule has 3 rings (SSSR count). The van der Waals surface area contributed by atoms with Crippen LogP contribution in [0.3, 0.4) is 0 Å². The van der Waals surface area contributed by atoms with Crippen molar-refractivity contribution in [3.63, 3.8) is 0 Å². The minimum atomic E-state index is 1.05. The van der Waals surface area contributed by atoms with Gasteiger partial charge < -0.3 is 0 Å². The summed E-state index contributed by atoms with van der Waals surface area (Å²) in [5.41, 5.74) is 5.93. The van der Waals surface area contributed by atoms with E-state index in [1.807, 2.05) is 19.2 Å². The van der Waals surface area contributed by atoms with Crippen LogP contribution < -0.4 is 0 Å². The first-order valence-electron chi connectivity index (χ1n) is 6.25. The van der Waals surface area contributed by atoms with Crippen molar-refractivity contribution in [1.82, 2.24) is 9.97 Å². The molecular formula is C15H16N2. The third-order valence-corrected chi connectivity index (χ3v) is 3.39. The van der Waals surface area contributed by atoms with E-state index < -0.39 is 0 Å². The maximum atomic E-state index is 4.77. The number of nitrogens with zero attached hydrogens (tertiary/aromatic N) is 2. The largest absolute Gasteiger partial charge is 0.261 e. The lowest BCUT2D eigenvalue weighted by Gasteiger charge is -2.15. The van der Waals surface area contributed by atoms with Crippen LogP contribution in [-0.2, 0) is 12.8 Å². The fraction of sp³-hybridized carbons (Fsp3) is 0.333. The van der Waals surface area contributed by atoms with Gasteiger partial charge in [-0.25, -0.2) is 0 Å². The van der Waals surface area contributed by atoms with E-state index in [1.54, 1.807) is 0 Å². The Balaban J connectivity index is 2.01. The van der Waals surface area contributed by atoms with Gasteiger partial charge in [-0.2, -0.15) is 0 Å². The highest BCUT2D eigenvalue weighted by atomic mass is 14.7. The fourth-order valence-corrected chi connectivity index (χ4v) is 2.36. The standard InChI is InChI=1S/C15H16N2/c1-11-6-7-13(10-16-11)15-9-8-12-4-2-3-5-14(12)17-15/h6-10H,2-5H2,1H3. The number of pyridine rings is 2. The maximum absolute atomic E-state index is 4.77. The summed E-state index contributed by atoms with van der Waals surface area (Å²) < 4.78 is 0. The minimum Gasteiger partial charge on any atom is -0.261 e. The molecule has 0 aliphatic heterocycles. The molecule has 0 fully saturated rings. The molecule has 0 bridgehead atoms. The summed E-state index contributed by atoms with van der Waals surface area (Å²) in [6, 6.07) is 8.49. The molecule has 86 valence electrons. The van der Waals surface area contributed by atoms with Crippen LogP contribution in [0.1, 0.15) is 29.8 Å². The van der Waals surface area contributed by atoms with Gasteiger partial charge in [0.1, 0.15) is 0 Å². The lowest BCUT2D eigenvalue weighted by molar-refractivity contribution is 0.668. The van der Waals surface area contributed by atoms with Gasteiger partial charge in [-0.05, 0) is 56.4 Å². The molecule has 0 radical (unpaired) electrons. The van der Waals surface area contributed by atoms with Gasteiger partial charge in [0, 0.05) is 23.1 Å². The minimum absolute atomic E-state index is 1.05. The van der Waals surface area contributed by atoms with Crippen LogP contribution in [0.5, 0.6) is 0 Å². The van der Waals surface area contributed by atoms with E-state index in [0.29, 0.717) is 0 Å². The fourth-order valence-electron chi connectivity index (χ4n) is 2.36. The summed E-state index contributed by atoms with van der Waals surface area (Å²) in [5, 5.41) is 0. The first-order chi connectivity index (χ1) is 8.33. The molecule has 0 unspecified atom stereocenters. The normalized spacial score (nSPS) is 14.4. The van der Waals surface area contributed by atoms with Gasteiger partial charge >= 0.3 is 0 Å². The highest BCUT2D eigenvalue weighted by Gasteiger charge is 2.11. The van der Waals surface area contributed by atoms with E-state index >= 15 is 0 Å². The molecule has 1 aliphatic rings. The molecule has 0 spiro atoms. The van der Waals surface area contributed by atoms with Gasteiger partial charge in [-0.1, -0.05) is 6.07 Å². The zero-order chi connectivity index (χ0) is 11.7. The molecule has 0 aromatic carbocycles. The molecule has 0 amide bonds.